The maximum absolute atomic E-state index is 11.9. The van der Waals surface area contributed by atoms with Crippen molar-refractivity contribution in [1.82, 2.24) is 10.3 Å². The van der Waals surface area contributed by atoms with Gasteiger partial charge in [-0.25, -0.2) is 0 Å². The fourth-order valence-corrected chi connectivity index (χ4v) is 2.02. The summed E-state index contributed by atoms with van der Waals surface area (Å²) in [7, 11) is 0. The maximum atomic E-state index is 11.9. The first-order chi connectivity index (χ1) is 10.2. The lowest BCUT2D eigenvalue weighted by molar-refractivity contribution is -0.121. The monoisotopic (exact) mass is 282 g/mol. The van der Waals surface area contributed by atoms with Crippen LogP contribution in [0.3, 0.4) is 0 Å². The average Bonchev–Trinajstić information content (AvgIpc) is 2.54. The van der Waals surface area contributed by atoms with E-state index < -0.39 is 0 Å². The van der Waals surface area contributed by atoms with Gasteiger partial charge in [0, 0.05) is 24.6 Å². The molecule has 0 fully saturated rings. The normalized spacial score (nSPS) is 11.7. The number of aromatic nitrogens is 1. The molecule has 0 radical (unpaired) electrons. The van der Waals surface area contributed by atoms with Gasteiger partial charge in [0.1, 0.15) is 0 Å². The molecule has 4 nitrogen and oxygen atoms in total. The number of nitrogens with one attached hydrogen (secondary N) is 1. The number of benzene rings is 1. The molecular formula is C17H18N2O2. The van der Waals surface area contributed by atoms with E-state index in [1.807, 2.05) is 43.3 Å². The highest BCUT2D eigenvalue weighted by atomic mass is 16.2. The lowest BCUT2D eigenvalue weighted by Gasteiger charge is -2.13. The van der Waals surface area contributed by atoms with E-state index in [1.54, 1.807) is 18.3 Å². The van der Waals surface area contributed by atoms with E-state index in [9.17, 15) is 9.59 Å². The van der Waals surface area contributed by atoms with Gasteiger partial charge in [-0.1, -0.05) is 36.4 Å². The lowest BCUT2D eigenvalue weighted by Crippen LogP contribution is -2.27. The summed E-state index contributed by atoms with van der Waals surface area (Å²) in [5, 5.41) is 2.85. The lowest BCUT2D eigenvalue weighted by atomic mass is 10.1. The zero-order chi connectivity index (χ0) is 15.1. The van der Waals surface area contributed by atoms with Crippen molar-refractivity contribution in [2.75, 3.05) is 0 Å². The standard InChI is InChI=1S/C17H18N2O2/c1-13(15-9-5-6-12-18-15)19-17(21)11-10-16(20)14-7-3-2-4-8-14/h2-9,12-13H,10-11H2,1H3,(H,19,21). The van der Waals surface area contributed by atoms with Gasteiger partial charge in [0.15, 0.2) is 5.78 Å². The fraction of sp³-hybridized carbons (Fsp3) is 0.235. The Morgan fingerprint density at radius 2 is 1.76 bits per heavy atom. The molecule has 0 saturated heterocycles. The number of carbonyl (C=O) groups is 2. The van der Waals surface area contributed by atoms with Crippen molar-refractivity contribution >= 4 is 11.7 Å². The van der Waals surface area contributed by atoms with E-state index in [1.165, 1.54) is 0 Å². The minimum atomic E-state index is -0.162. The third kappa shape index (κ3) is 4.53. The van der Waals surface area contributed by atoms with Crippen molar-refractivity contribution in [2.45, 2.75) is 25.8 Å². The van der Waals surface area contributed by atoms with Crippen molar-refractivity contribution in [2.24, 2.45) is 0 Å². The van der Waals surface area contributed by atoms with E-state index in [0.29, 0.717) is 5.56 Å². The van der Waals surface area contributed by atoms with Crippen LogP contribution < -0.4 is 5.32 Å². The molecule has 0 bridgehead atoms. The SMILES string of the molecule is CC(NC(=O)CCC(=O)c1ccccc1)c1ccccn1. The summed E-state index contributed by atoms with van der Waals surface area (Å²) in [6.07, 6.45) is 2.09. The van der Waals surface area contributed by atoms with Crippen LogP contribution in [0.1, 0.15) is 41.9 Å². The van der Waals surface area contributed by atoms with Gasteiger partial charge in [-0.2, -0.15) is 0 Å². The van der Waals surface area contributed by atoms with Crippen molar-refractivity contribution in [3.8, 4) is 0 Å². The van der Waals surface area contributed by atoms with Crippen LogP contribution in [0.2, 0.25) is 0 Å². The van der Waals surface area contributed by atoms with Crippen LogP contribution in [-0.2, 0) is 4.79 Å². The van der Waals surface area contributed by atoms with Gasteiger partial charge >= 0.3 is 0 Å². The molecule has 1 heterocycles. The number of hydrogen-bond donors (Lipinski definition) is 1. The summed E-state index contributed by atoms with van der Waals surface area (Å²) in [6, 6.07) is 14.4. The van der Waals surface area contributed by atoms with Gasteiger partial charge in [-0.3, -0.25) is 14.6 Å². The van der Waals surface area contributed by atoms with E-state index in [4.69, 9.17) is 0 Å². The fourth-order valence-electron chi connectivity index (χ4n) is 2.02. The predicted molar refractivity (Wildman–Crippen MR) is 80.8 cm³/mol. The molecule has 21 heavy (non-hydrogen) atoms. The van der Waals surface area contributed by atoms with Crippen LogP contribution in [0, 0.1) is 0 Å². The molecule has 1 aromatic heterocycles. The van der Waals surface area contributed by atoms with Gasteiger partial charge in [0.2, 0.25) is 5.91 Å². The molecule has 1 unspecified atom stereocenters. The van der Waals surface area contributed by atoms with Gasteiger partial charge in [0.05, 0.1) is 11.7 Å². The molecule has 1 aromatic carbocycles. The molecule has 108 valence electrons. The minimum Gasteiger partial charge on any atom is -0.348 e. The van der Waals surface area contributed by atoms with Crippen molar-refractivity contribution in [1.29, 1.82) is 0 Å². The molecular weight excluding hydrogens is 264 g/mol. The van der Waals surface area contributed by atoms with E-state index in [0.717, 1.165) is 5.69 Å². The Kier molecular flexibility index (Phi) is 5.21. The summed E-state index contributed by atoms with van der Waals surface area (Å²) >= 11 is 0. The van der Waals surface area contributed by atoms with E-state index in [2.05, 4.69) is 10.3 Å². The van der Waals surface area contributed by atoms with Crippen LogP contribution in [0.25, 0.3) is 0 Å². The molecule has 0 spiro atoms. The second-order valence-corrected chi connectivity index (χ2v) is 4.83. The largest absolute Gasteiger partial charge is 0.348 e. The van der Waals surface area contributed by atoms with Crippen LogP contribution in [-0.4, -0.2) is 16.7 Å². The maximum Gasteiger partial charge on any atom is 0.220 e. The molecule has 0 aliphatic heterocycles. The zero-order valence-electron chi connectivity index (χ0n) is 12.0. The third-order valence-electron chi connectivity index (χ3n) is 3.18. The first-order valence-corrected chi connectivity index (χ1v) is 6.95. The van der Waals surface area contributed by atoms with Gasteiger partial charge < -0.3 is 5.32 Å². The Morgan fingerprint density at radius 3 is 2.43 bits per heavy atom. The summed E-state index contributed by atoms with van der Waals surface area (Å²) in [4.78, 5) is 28.0. The predicted octanol–water partition coefficient (Wildman–Crippen LogP) is 2.92. The second kappa shape index (κ2) is 7.33. The minimum absolute atomic E-state index is 0.0174. The van der Waals surface area contributed by atoms with Crippen LogP contribution in [0.15, 0.2) is 54.7 Å². The number of pyridine rings is 1. The summed E-state index contributed by atoms with van der Waals surface area (Å²) < 4.78 is 0. The molecule has 4 heteroatoms. The number of nitrogens with zero attached hydrogens (tertiary/aromatic N) is 1. The Labute approximate surface area is 124 Å². The molecule has 0 saturated carbocycles. The van der Waals surface area contributed by atoms with Crippen molar-refractivity contribution in [3.05, 3.63) is 66.0 Å². The second-order valence-electron chi connectivity index (χ2n) is 4.83. The summed E-state index contributed by atoms with van der Waals surface area (Å²) in [5.74, 6) is -0.159. The van der Waals surface area contributed by atoms with E-state index >= 15 is 0 Å². The Morgan fingerprint density at radius 1 is 1.05 bits per heavy atom. The average molecular weight is 282 g/mol. The Bertz CT molecular complexity index is 597. The van der Waals surface area contributed by atoms with Crippen molar-refractivity contribution < 1.29 is 9.59 Å². The van der Waals surface area contributed by atoms with E-state index in [-0.39, 0.29) is 30.6 Å². The first-order valence-electron chi connectivity index (χ1n) is 6.95. The topological polar surface area (TPSA) is 59.1 Å². The number of Topliss-reactive ketones (excluding diaryl/α,β-unsaturated/α-hetero) is 1. The molecule has 1 N–H and O–H groups in total. The zero-order valence-corrected chi connectivity index (χ0v) is 12.0. The molecule has 0 aliphatic rings. The molecule has 1 atom stereocenters. The summed E-state index contributed by atoms with van der Waals surface area (Å²) in [5.41, 5.74) is 1.45. The van der Waals surface area contributed by atoms with Gasteiger partial charge in [0.25, 0.3) is 0 Å². The smallest absolute Gasteiger partial charge is 0.220 e. The number of ketones is 1. The number of amides is 1. The van der Waals surface area contributed by atoms with Gasteiger partial charge in [-0.05, 0) is 19.1 Å². The Balaban J connectivity index is 1.81. The molecule has 2 aromatic rings. The highest BCUT2D eigenvalue weighted by Crippen LogP contribution is 2.09. The van der Waals surface area contributed by atoms with Crippen LogP contribution in [0.5, 0.6) is 0 Å². The molecule has 1 amide bonds. The molecule has 0 aliphatic carbocycles. The quantitative estimate of drug-likeness (QED) is 0.829. The Hall–Kier alpha value is -2.49. The third-order valence-corrected chi connectivity index (χ3v) is 3.18. The van der Waals surface area contributed by atoms with Crippen LogP contribution >= 0.6 is 0 Å². The van der Waals surface area contributed by atoms with Gasteiger partial charge in [-0.15, -0.1) is 0 Å². The summed E-state index contributed by atoms with van der Waals surface area (Å²) in [6.45, 7) is 1.87. The van der Waals surface area contributed by atoms with Crippen molar-refractivity contribution in [3.63, 3.8) is 0 Å². The van der Waals surface area contributed by atoms with Crippen LogP contribution in [0.4, 0.5) is 0 Å². The molecule has 2 rings (SSSR count). The highest BCUT2D eigenvalue weighted by molar-refractivity contribution is 5.97. The highest BCUT2D eigenvalue weighted by Gasteiger charge is 2.12. The first kappa shape index (κ1) is 14.9. The number of carbonyl (C=O) groups excluding carboxylic acids is 2. The number of hydrogen-bond acceptors (Lipinski definition) is 3. The number of rotatable bonds is 6.